The molecule has 0 unspecified atom stereocenters. The lowest BCUT2D eigenvalue weighted by molar-refractivity contribution is 0.520. The molecule has 0 atom stereocenters. The van der Waals surface area contributed by atoms with E-state index in [4.69, 9.17) is 4.42 Å². The molecule has 76 valence electrons. The summed E-state index contributed by atoms with van der Waals surface area (Å²) >= 11 is 5.27. The number of para-hydroxylation sites is 1. The third kappa shape index (κ3) is 1.96. The first-order valence-electron chi connectivity index (χ1n) is 4.10. The van der Waals surface area contributed by atoms with Crippen molar-refractivity contribution >= 4 is 49.6 Å². The largest absolute Gasteiger partial charge is 0.420 e. The van der Waals surface area contributed by atoms with Crippen LogP contribution in [0.4, 0.5) is 0 Å². The lowest BCUT2D eigenvalue weighted by atomic mass is 10.3. The Kier molecular flexibility index (Phi) is 3.17. The van der Waals surface area contributed by atoms with Gasteiger partial charge < -0.3 is 4.42 Å². The molecular weight excluding hydrogens is 373 g/mol. The number of hydrogen-bond acceptors (Lipinski definition) is 2. The average Bonchev–Trinajstić information content (AvgIpc) is 2.54. The van der Waals surface area contributed by atoms with Crippen LogP contribution in [0.1, 0.15) is 0 Å². The Morgan fingerprint density at radius 2 is 2.33 bits per heavy atom. The molecule has 0 radical (unpaired) electrons. The van der Waals surface area contributed by atoms with E-state index in [0.717, 1.165) is 9.99 Å². The molecule has 0 bridgehead atoms. The first-order chi connectivity index (χ1) is 7.24. The predicted octanol–water partition coefficient (Wildman–Crippen LogP) is 2.75. The second kappa shape index (κ2) is 4.41. The van der Waals surface area contributed by atoms with Crippen LogP contribution in [0, 0.1) is 9.85 Å². The van der Waals surface area contributed by atoms with Crippen molar-refractivity contribution in [2.45, 2.75) is 6.54 Å². The van der Waals surface area contributed by atoms with Crippen LogP contribution in [0.3, 0.4) is 0 Å². The molecule has 0 spiro atoms. The Balaban J connectivity index is 2.72. The number of nitrogens with zero attached hydrogens (tertiary/aromatic N) is 1. The van der Waals surface area contributed by atoms with E-state index in [1.807, 2.05) is 40.8 Å². The molecule has 15 heavy (non-hydrogen) atoms. The highest BCUT2D eigenvalue weighted by Gasteiger charge is 2.09. The Hall–Kier alpha value is -0.740. The fraction of sp³-hybridized carbons (Fsp3) is 0.100. The number of fused-ring (bicyclic) bond motifs is 1. The quantitative estimate of drug-likeness (QED) is 0.565. The molecule has 1 aromatic carbocycles. The molecule has 2 rings (SSSR count). The summed E-state index contributed by atoms with van der Waals surface area (Å²) in [7, 11) is 0. The van der Waals surface area contributed by atoms with E-state index in [1.165, 1.54) is 4.57 Å². The molecule has 0 aliphatic carbocycles. The van der Waals surface area contributed by atoms with Crippen LogP contribution in [0.25, 0.3) is 11.1 Å². The monoisotopic (exact) mass is 377 g/mol. The van der Waals surface area contributed by atoms with Crippen LogP contribution in [0.15, 0.2) is 31.9 Å². The summed E-state index contributed by atoms with van der Waals surface area (Å²) in [5.74, 6) is 2.45. The number of benzene rings is 1. The SMILES string of the molecule is O=c1oc2c(Br)cccc2n1CC#CI. The fourth-order valence-corrected chi connectivity index (χ4v) is 1.92. The molecule has 0 aliphatic heterocycles. The topological polar surface area (TPSA) is 35.1 Å². The number of oxazole rings is 1. The van der Waals surface area contributed by atoms with Gasteiger partial charge in [-0.1, -0.05) is 12.0 Å². The predicted molar refractivity (Wildman–Crippen MR) is 70.0 cm³/mol. The number of hydrogen-bond donors (Lipinski definition) is 0. The molecule has 0 saturated carbocycles. The van der Waals surface area contributed by atoms with Crippen molar-refractivity contribution in [2.75, 3.05) is 0 Å². The van der Waals surface area contributed by atoms with Crippen LogP contribution in [-0.2, 0) is 6.54 Å². The third-order valence-electron chi connectivity index (χ3n) is 1.95. The molecule has 0 fully saturated rings. The Labute approximate surface area is 108 Å². The van der Waals surface area contributed by atoms with Crippen molar-refractivity contribution in [1.82, 2.24) is 4.57 Å². The van der Waals surface area contributed by atoms with Gasteiger partial charge in [0.1, 0.15) is 0 Å². The summed E-state index contributed by atoms with van der Waals surface area (Å²) in [6.07, 6.45) is 0. The number of rotatable bonds is 1. The van der Waals surface area contributed by atoms with Gasteiger partial charge in [0.05, 0.1) is 16.5 Å². The van der Waals surface area contributed by atoms with Gasteiger partial charge in [0.2, 0.25) is 0 Å². The maximum atomic E-state index is 11.5. The summed E-state index contributed by atoms with van der Waals surface area (Å²) < 4.78 is 10.1. The van der Waals surface area contributed by atoms with Gasteiger partial charge in [0, 0.05) is 22.6 Å². The minimum Gasteiger partial charge on any atom is -0.406 e. The molecule has 0 amide bonds. The van der Waals surface area contributed by atoms with Crippen LogP contribution in [0.2, 0.25) is 0 Å². The van der Waals surface area contributed by atoms with Crippen molar-refractivity contribution in [1.29, 1.82) is 0 Å². The van der Waals surface area contributed by atoms with Crippen molar-refractivity contribution in [2.24, 2.45) is 0 Å². The average molecular weight is 378 g/mol. The van der Waals surface area contributed by atoms with Crippen molar-refractivity contribution in [3.8, 4) is 9.85 Å². The maximum absolute atomic E-state index is 11.5. The van der Waals surface area contributed by atoms with E-state index < -0.39 is 0 Å². The van der Waals surface area contributed by atoms with Gasteiger partial charge in [-0.15, -0.1) is 0 Å². The molecule has 0 saturated heterocycles. The summed E-state index contributed by atoms with van der Waals surface area (Å²) in [5, 5.41) is 0. The molecule has 5 heteroatoms. The lowest BCUT2D eigenvalue weighted by Gasteiger charge is -1.94. The molecule has 1 aromatic heterocycles. The zero-order valence-electron chi connectivity index (χ0n) is 7.46. The Morgan fingerprint density at radius 3 is 3.07 bits per heavy atom. The van der Waals surface area contributed by atoms with E-state index in [9.17, 15) is 4.79 Å². The highest BCUT2D eigenvalue weighted by Crippen LogP contribution is 2.22. The second-order valence-corrected chi connectivity index (χ2v) is 4.21. The minimum absolute atomic E-state index is 0.352. The van der Waals surface area contributed by atoms with E-state index in [-0.39, 0.29) is 5.76 Å². The number of aromatic nitrogens is 1. The van der Waals surface area contributed by atoms with Gasteiger partial charge in [-0.2, -0.15) is 0 Å². The third-order valence-corrected chi connectivity index (χ3v) is 2.96. The van der Waals surface area contributed by atoms with Crippen LogP contribution >= 0.6 is 38.5 Å². The summed E-state index contributed by atoms with van der Waals surface area (Å²) in [6.45, 7) is 0.352. The number of halogens is 2. The highest BCUT2D eigenvalue weighted by molar-refractivity contribution is 14.1. The van der Waals surface area contributed by atoms with Gasteiger partial charge in [0.25, 0.3) is 0 Å². The van der Waals surface area contributed by atoms with Gasteiger partial charge >= 0.3 is 5.76 Å². The minimum atomic E-state index is -0.379. The first-order valence-corrected chi connectivity index (χ1v) is 5.97. The lowest BCUT2D eigenvalue weighted by Crippen LogP contribution is -2.12. The summed E-state index contributed by atoms with van der Waals surface area (Å²) in [4.78, 5) is 11.5. The van der Waals surface area contributed by atoms with Gasteiger partial charge in [-0.05, 0) is 32.0 Å². The van der Waals surface area contributed by atoms with E-state index >= 15 is 0 Å². The Morgan fingerprint density at radius 1 is 1.53 bits per heavy atom. The Bertz CT molecular complexity index is 618. The fourth-order valence-electron chi connectivity index (χ4n) is 1.31. The van der Waals surface area contributed by atoms with E-state index in [2.05, 4.69) is 25.8 Å². The van der Waals surface area contributed by atoms with Crippen molar-refractivity contribution < 1.29 is 4.42 Å². The van der Waals surface area contributed by atoms with Crippen LogP contribution in [0.5, 0.6) is 0 Å². The second-order valence-electron chi connectivity index (χ2n) is 2.81. The van der Waals surface area contributed by atoms with Crippen molar-refractivity contribution in [3.63, 3.8) is 0 Å². The van der Waals surface area contributed by atoms with Crippen molar-refractivity contribution in [3.05, 3.63) is 33.2 Å². The zero-order valence-corrected chi connectivity index (χ0v) is 11.2. The molecule has 0 N–H and O–H groups in total. The maximum Gasteiger partial charge on any atom is 0.420 e. The van der Waals surface area contributed by atoms with Crippen LogP contribution < -0.4 is 5.76 Å². The summed E-state index contributed by atoms with van der Waals surface area (Å²) in [6, 6.07) is 5.52. The van der Waals surface area contributed by atoms with E-state index in [0.29, 0.717) is 12.1 Å². The molecule has 3 nitrogen and oxygen atoms in total. The summed E-state index contributed by atoms with van der Waals surface area (Å²) in [5.41, 5.74) is 1.33. The molecule has 2 aromatic rings. The van der Waals surface area contributed by atoms with Gasteiger partial charge in [-0.25, -0.2) is 4.79 Å². The van der Waals surface area contributed by atoms with Crippen LogP contribution in [-0.4, -0.2) is 4.57 Å². The normalized spacial score (nSPS) is 10.0. The zero-order chi connectivity index (χ0) is 10.8. The molecular formula is C10H5BrINO2. The van der Waals surface area contributed by atoms with E-state index in [1.54, 1.807) is 0 Å². The molecule has 0 aliphatic rings. The van der Waals surface area contributed by atoms with Gasteiger partial charge in [-0.3, -0.25) is 4.57 Å². The first kappa shape index (κ1) is 10.8. The molecule has 1 heterocycles. The highest BCUT2D eigenvalue weighted by atomic mass is 127. The standard InChI is InChI=1S/C10H5BrINO2/c11-7-3-1-4-8-9(7)15-10(14)13(8)6-2-5-12/h1,3-4H,6H2. The van der Waals surface area contributed by atoms with Gasteiger partial charge in [0.15, 0.2) is 5.58 Å². The smallest absolute Gasteiger partial charge is 0.406 e.